The average Bonchev–Trinajstić information content (AvgIpc) is 2.67. The molecule has 1 unspecified atom stereocenters. The number of halogens is 1. The first kappa shape index (κ1) is 15.0. The van der Waals surface area contributed by atoms with E-state index in [1.54, 1.807) is 11.3 Å². The van der Waals surface area contributed by atoms with Crippen molar-refractivity contribution < 1.29 is 18.3 Å². The lowest BCUT2D eigenvalue weighted by Crippen LogP contribution is -2.48. The van der Waals surface area contributed by atoms with Gasteiger partial charge in [-0.1, -0.05) is 0 Å². The second-order valence-corrected chi connectivity index (χ2v) is 9.11. The Bertz CT molecular complexity index is 569. The number of sulfone groups is 1. The number of carboxylic acids is 1. The monoisotopic (exact) mass is 367 g/mol. The van der Waals surface area contributed by atoms with Crippen LogP contribution in [-0.2, 0) is 21.2 Å². The first-order valence-electron chi connectivity index (χ1n) is 5.75. The number of thiophene rings is 1. The highest BCUT2D eigenvalue weighted by Crippen LogP contribution is 2.24. The van der Waals surface area contributed by atoms with Crippen LogP contribution in [0.3, 0.4) is 0 Å². The van der Waals surface area contributed by atoms with Crippen molar-refractivity contribution in [1.82, 2.24) is 4.90 Å². The average molecular weight is 368 g/mol. The number of carbonyl (C=O) groups is 1. The zero-order chi connectivity index (χ0) is 14.0. The lowest BCUT2D eigenvalue weighted by atomic mass is 10.1. The van der Waals surface area contributed by atoms with E-state index >= 15 is 0 Å². The van der Waals surface area contributed by atoms with E-state index < -0.39 is 21.8 Å². The molecule has 2 heterocycles. The van der Waals surface area contributed by atoms with E-state index in [0.717, 1.165) is 9.35 Å². The van der Waals surface area contributed by atoms with Gasteiger partial charge in [-0.2, -0.15) is 0 Å². The minimum Gasteiger partial charge on any atom is -0.481 e. The van der Waals surface area contributed by atoms with Gasteiger partial charge in [0.25, 0.3) is 0 Å². The predicted octanol–water partition coefficient (Wildman–Crippen LogP) is 1.58. The highest BCUT2D eigenvalue weighted by atomic mass is 79.9. The van der Waals surface area contributed by atoms with E-state index in [9.17, 15) is 13.2 Å². The molecule has 1 aromatic heterocycles. The smallest absolute Gasteiger partial charge is 0.304 e. The third kappa shape index (κ3) is 4.27. The molecule has 106 valence electrons. The van der Waals surface area contributed by atoms with Crippen molar-refractivity contribution in [1.29, 1.82) is 0 Å². The third-order valence-corrected chi connectivity index (χ3v) is 6.32. The van der Waals surface area contributed by atoms with Crippen LogP contribution in [0.1, 0.15) is 12.0 Å². The van der Waals surface area contributed by atoms with E-state index in [-0.39, 0.29) is 17.9 Å². The number of aliphatic carboxylic acids is 1. The Morgan fingerprint density at radius 2 is 2.32 bits per heavy atom. The number of carboxylic acid groups (broad SMARTS) is 1. The van der Waals surface area contributed by atoms with Gasteiger partial charge in [0.05, 0.1) is 21.7 Å². The largest absolute Gasteiger partial charge is 0.481 e. The standard InChI is InChI=1S/C11H14BrNO4S2/c12-10-3-8(6-18-10)5-13-1-2-19(16,17)7-9(13)4-11(14)15/h3,6,9H,1-2,4-5,7H2,(H,14,15). The molecule has 0 aliphatic carbocycles. The molecular weight excluding hydrogens is 354 g/mol. The zero-order valence-corrected chi connectivity index (χ0v) is 13.3. The van der Waals surface area contributed by atoms with Crippen molar-refractivity contribution in [2.45, 2.75) is 19.0 Å². The van der Waals surface area contributed by atoms with Crippen LogP contribution < -0.4 is 0 Å². The Morgan fingerprint density at radius 1 is 1.58 bits per heavy atom. The summed E-state index contributed by atoms with van der Waals surface area (Å²) in [5, 5.41) is 10.9. The molecule has 1 aliphatic heterocycles. The van der Waals surface area contributed by atoms with Gasteiger partial charge in [0, 0.05) is 19.1 Å². The van der Waals surface area contributed by atoms with Crippen molar-refractivity contribution >= 4 is 43.1 Å². The number of hydrogen-bond acceptors (Lipinski definition) is 5. The SMILES string of the molecule is O=C(O)CC1CS(=O)(=O)CCN1Cc1csc(Br)c1. The van der Waals surface area contributed by atoms with Gasteiger partial charge >= 0.3 is 5.97 Å². The minimum absolute atomic E-state index is 0.0649. The van der Waals surface area contributed by atoms with Crippen LogP contribution in [0.2, 0.25) is 0 Å². The molecule has 1 atom stereocenters. The molecule has 0 amide bonds. The number of nitrogens with zero attached hydrogens (tertiary/aromatic N) is 1. The molecule has 1 saturated heterocycles. The highest BCUT2D eigenvalue weighted by Gasteiger charge is 2.32. The summed E-state index contributed by atoms with van der Waals surface area (Å²) in [5.41, 5.74) is 1.08. The Balaban J connectivity index is 2.10. The highest BCUT2D eigenvalue weighted by molar-refractivity contribution is 9.11. The fourth-order valence-electron chi connectivity index (χ4n) is 2.18. The van der Waals surface area contributed by atoms with Crippen LogP contribution in [0.5, 0.6) is 0 Å². The lowest BCUT2D eigenvalue weighted by molar-refractivity contribution is -0.138. The molecular formula is C11H14BrNO4S2. The van der Waals surface area contributed by atoms with Gasteiger partial charge in [0.2, 0.25) is 0 Å². The maximum Gasteiger partial charge on any atom is 0.304 e. The van der Waals surface area contributed by atoms with E-state index in [4.69, 9.17) is 5.11 Å². The lowest BCUT2D eigenvalue weighted by Gasteiger charge is -2.34. The molecule has 19 heavy (non-hydrogen) atoms. The predicted molar refractivity (Wildman–Crippen MR) is 77.1 cm³/mol. The van der Waals surface area contributed by atoms with Crippen molar-refractivity contribution in [3.8, 4) is 0 Å². The van der Waals surface area contributed by atoms with Crippen LogP contribution >= 0.6 is 27.3 Å². The van der Waals surface area contributed by atoms with Gasteiger partial charge in [-0.25, -0.2) is 8.42 Å². The first-order valence-corrected chi connectivity index (χ1v) is 9.24. The van der Waals surface area contributed by atoms with Crippen LogP contribution in [0.4, 0.5) is 0 Å². The fourth-order valence-corrected chi connectivity index (χ4v) is 4.98. The quantitative estimate of drug-likeness (QED) is 0.874. The third-order valence-electron chi connectivity index (χ3n) is 3.07. The van der Waals surface area contributed by atoms with Crippen molar-refractivity contribution in [2.75, 3.05) is 18.1 Å². The summed E-state index contributed by atoms with van der Waals surface area (Å²) in [5.74, 6) is -0.919. The Hall–Kier alpha value is -0.440. The van der Waals surface area contributed by atoms with E-state index in [2.05, 4.69) is 15.9 Å². The van der Waals surface area contributed by atoms with E-state index in [0.29, 0.717) is 13.1 Å². The molecule has 1 fully saturated rings. The van der Waals surface area contributed by atoms with Gasteiger partial charge in [0.15, 0.2) is 9.84 Å². The summed E-state index contributed by atoms with van der Waals surface area (Å²) in [6.45, 7) is 0.989. The maximum atomic E-state index is 11.6. The van der Waals surface area contributed by atoms with Gasteiger partial charge in [-0.15, -0.1) is 11.3 Å². The van der Waals surface area contributed by atoms with Crippen LogP contribution in [-0.4, -0.2) is 48.5 Å². The van der Waals surface area contributed by atoms with Gasteiger partial charge < -0.3 is 5.11 Å². The molecule has 1 aromatic rings. The first-order chi connectivity index (χ1) is 8.85. The zero-order valence-electron chi connectivity index (χ0n) is 10.1. The molecule has 0 radical (unpaired) electrons. The van der Waals surface area contributed by atoms with Crippen LogP contribution in [0.25, 0.3) is 0 Å². The Kier molecular flexibility index (Phi) is 4.65. The normalized spacial score (nSPS) is 23.3. The maximum absolute atomic E-state index is 11.6. The Morgan fingerprint density at radius 3 is 2.89 bits per heavy atom. The van der Waals surface area contributed by atoms with Crippen molar-refractivity contribution in [3.05, 3.63) is 20.8 Å². The van der Waals surface area contributed by atoms with Gasteiger partial charge in [-0.05, 0) is 32.9 Å². The second kappa shape index (κ2) is 5.90. The molecule has 8 heteroatoms. The molecule has 0 bridgehead atoms. The Labute approximate surface area is 124 Å². The summed E-state index contributed by atoms with van der Waals surface area (Å²) in [7, 11) is -3.11. The molecule has 2 rings (SSSR count). The summed E-state index contributed by atoms with van der Waals surface area (Å²) in [6.07, 6.45) is -0.134. The molecule has 0 aromatic carbocycles. The summed E-state index contributed by atoms with van der Waals surface area (Å²) < 4.78 is 24.3. The molecule has 0 saturated carbocycles. The van der Waals surface area contributed by atoms with Crippen molar-refractivity contribution in [2.24, 2.45) is 0 Å². The van der Waals surface area contributed by atoms with Gasteiger partial charge in [0.1, 0.15) is 0 Å². The van der Waals surface area contributed by atoms with E-state index in [1.807, 2.05) is 16.3 Å². The summed E-state index contributed by atoms with van der Waals surface area (Å²) in [6, 6.07) is 1.54. The number of rotatable bonds is 4. The van der Waals surface area contributed by atoms with Crippen molar-refractivity contribution in [3.63, 3.8) is 0 Å². The number of hydrogen-bond donors (Lipinski definition) is 1. The minimum atomic E-state index is -3.11. The summed E-state index contributed by atoms with van der Waals surface area (Å²) in [4.78, 5) is 12.8. The molecule has 0 spiro atoms. The topological polar surface area (TPSA) is 74.7 Å². The second-order valence-electron chi connectivity index (χ2n) is 4.60. The fraction of sp³-hybridized carbons (Fsp3) is 0.545. The van der Waals surface area contributed by atoms with Crippen LogP contribution in [0.15, 0.2) is 15.2 Å². The van der Waals surface area contributed by atoms with E-state index in [1.165, 1.54) is 0 Å². The molecule has 5 nitrogen and oxygen atoms in total. The van der Waals surface area contributed by atoms with Gasteiger partial charge in [-0.3, -0.25) is 9.69 Å². The van der Waals surface area contributed by atoms with Crippen LogP contribution in [0, 0.1) is 0 Å². The molecule has 1 aliphatic rings. The summed E-state index contributed by atoms with van der Waals surface area (Å²) >= 11 is 4.94. The molecule has 1 N–H and O–H groups in total.